The lowest BCUT2D eigenvalue weighted by molar-refractivity contribution is 1.24. The van der Waals surface area contributed by atoms with E-state index in [0.29, 0.717) is 0 Å². The summed E-state index contributed by atoms with van der Waals surface area (Å²) in [6.07, 6.45) is 0. The molecule has 0 spiro atoms. The molecule has 0 fully saturated rings. The van der Waals surface area contributed by atoms with Gasteiger partial charge >= 0.3 is 0 Å². The van der Waals surface area contributed by atoms with Crippen LogP contribution in [0.5, 0.6) is 0 Å². The van der Waals surface area contributed by atoms with E-state index in [2.05, 4.69) is 232 Å². The Labute approximate surface area is 320 Å². The molecule has 0 aromatic heterocycles. The highest BCUT2D eigenvalue weighted by atomic mass is 15.1. The predicted octanol–water partition coefficient (Wildman–Crippen LogP) is 14.9. The van der Waals surface area contributed by atoms with E-state index in [-0.39, 0.29) is 0 Å². The molecular formula is C52H44N2. The average Bonchev–Trinajstić information content (AvgIpc) is 3.22. The van der Waals surface area contributed by atoms with E-state index in [0.717, 1.165) is 34.1 Å². The van der Waals surface area contributed by atoms with Crippen LogP contribution in [0.15, 0.2) is 194 Å². The minimum atomic E-state index is 1.13. The highest BCUT2D eigenvalue weighted by molar-refractivity contribution is 5.84. The standard InChI is InChI=1S/C52H44N2/c1-37-15-25-47(26-16-37)53(49-29-19-43(20-30-49)41-11-7-5-8-12-41)51-33-23-45(35-39(51)3)46-24-34-52(40(4)36-46)54(48-27-17-38(2)18-28-48)50-31-21-44(22-32-50)42-13-9-6-10-14-42/h5-36H,1-4H3. The normalized spacial score (nSPS) is 11.0. The molecule has 0 bridgehead atoms. The van der Waals surface area contributed by atoms with Gasteiger partial charge in [-0.05, 0) is 145 Å². The topological polar surface area (TPSA) is 6.48 Å². The Morgan fingerprint density at radius 2 is 0.537 bits per heavy atom. The second kappa shape index (κ2) is 15.1. The van der Waals surface area contributed by atoms with Crippen LogP contribution in [0.2, 0.25) is 0 Å². The predicted molar refractivity (Wildman–Crippen MR) is 231 cm³/mol. The molecule has 0 saturated heterocycles. The maximum Gasteiger partial charge on any atom is 0.0491 e. The van der Waals surface area contributed by atoms with Gasteiger partial charge in [-0.3, -0.25) is 0 Å². The van der Waals surface area contributed by atoms with E-state index in [1.165, 1.54) is 55.6 Å². The average molecular weight is 697 g/mol. The first-order valence-electron chi connectivity index (χ1n) is 18.7. The van der Waals surface area contributed by atoms with Gasteiger partial charge in [0.1, 0.15) is 0 Å². The zero-order chi connectivity index (χ0) is 37.0. The highest BCUT2D eigenvalue weighted by Gasteiger charge is 2.18. The van der Waals surface area contributed by atoms with Crippen LogP contribution in [0, 0.1) is 27.7 Å². The molecule has 8 aromatic rings. The van der Waals surface area contributed by atoms with Crippen LogP contribution in [-0.4, -0.2) is 0 Å². The molecule has 0 heterocycles. The van der Waals surface area contributed by atoms with Gasteiger partial charge < -0.3 is 9.80 Å². The third-order valence-electron chi connectivity index (χ3n) is 10.3. The van der Waals surface area contributed by atoms with Crippen molar-refractivity contribution in [3.63, 3.8) is 0 Å². The SMILES string of the molecule is Cc1ccc(N(c2ccc(-c3ccccc3)cc2)c2ccc(-c3ccc(N(c4ccc(C)cc4)c4ccc(-c5ccccc5)cc4)c(C)c3)cc2C)cc1. The molecule has 8 aromatic carbocycles. The van der Waals surface area contributed by atoms with E-state index < -0.39 is 0 Å². The molecule has 0 N–H and O–H groups in total. The minimum Gasteiger partial charge on any atom is -0.310 e. The Morgan fingerprint density at radius 3 is 0.852 bits per heavy atom. The molecule has 0 radical (unpaired) electrons. The number of hydrogen-bond acceptors (Lipinski definition) is 2. The van der Waals surface area contributed by atoms with Gasteiger partial charge in [-0.1, -0.05) is 132 Å². The summed E-state index contributed by atoms with van der Waals surface area (Å²) in [5, 5.41) is 0. The number of benzene rings is 8. The molecule has 2 heteroatoms. The first kappa shape index (κ1) is 34.4. The van der Waals surface area contributed by atoms with Gasteiger partial charge in [0, 0.05) is 34.1 Å². The summed E-state index contributed by atoms with van der Waals surface area (Å²) in [6.45, 7) is 8.71. The van der Waals surface area contributed by atoms with Crippen LogP contribution in [0.4, 0.5) is 34.1 Å². The summed E-state index contributed by atoms with van der Waals surface area (Å²) < 4.78 is 0. The van der Waals surface area contributed by atoms with Gasteiger partial charge in [-0.15, -0.1) is 0 Å². The second-order valence-electron chi connectivity index (χ2n) is 14.2. The van der Waals surface area contributed by atoms with Crippen molar-refractivity contribution in [3.05, 3.63) is 216 Å². The number of rotatable bonds is 9. The van der Waals surface area contributed by atoms with Crippen LogP contribution >= 0.6 is 0 Å². The quantitative estimate of drug-likeness (QED) is 0.148. The summed E-state index contributed by atoms with van der Waals surface area (Å²) in [5.74, 6) is 0. The van der Waals surface area contributed by atoms with Crippen molar-refractivity contribution in [2.45, 2.75) is 27.7 Å². The molecule has 2 nitrogen and oxygen atoms in total. The number of hydrogen-bond donors (Lipinski definition) is 0. The van der Waals surface area contributed by atoms with Gasteiger partial charge in [0.25, 0.3) is 0 Å². The molecule has 0 amide bonds. The van der Waals surface area contributed by atoms with Crippen LogP contribution in [-0.2, 0) is 0 Å². The molecule has 0 aliphatic rings. The fourth-order valence-corrected chi connectivity index (χ4v) is 7.28. The molecule has 0 atom stereocenters. The zero-order valence-electron chi connectivity index (χ0n) is 31.4. The van der Waals surface area contributed by atoms with Crippen LogP contribution in [0.1, 0.15) is 22.3 Å². The Hall–Kier alpha value is -6.64. The van der Waals surface area contributed by atoms with Gasteiger partial charge in [-0.2, -0.15) is 0 Å². The summed E-state index contributed by atoms with van der Waals surface area (Å²) in [5.41, 5.74) is 19.0. The highest BCUT2D eigenvalue weighted by Crippen LogP contribution is 2.41. The largest absolute Gasteiger partial charge is 0.310 e. The van der Waals surface area contributed by atoms with Crippen molar-refractivity contribution in [2.24, 2.45) is 0 Å². The lowest BCUT2D eigenvalue weighted by Gasteiger charge is -2.28. The van der Waals surface area contributed by atoms with Crippen molar-refractivity contribution >= 4 is 34.1 Å². The zero-order valence-corrected chi connectivity index (χ0v) is 31.4. The van der Waals surface area contributed by atoms with Crippen molar-refractivity contribution < 1.29 is 0 Å². The van der Waals surface area contributed by atoms with Crippen molar-refractivity contribution in [2.75, 3.05) is 9.80 Å². The van der Waals surface area contributed by atoms with Crippen LogP contribution < -0.4 is 9.80 Å². The smallest absolute Gasteiger partial charge is 0.0491 e. The molecule has 262 valence electrons. The number of aryl methyl sites for hydroxylation is 4. The third-order valence-corrected chi connectivity index (χ3v) is 10.3. The third kappa shape index (κ3) is 7.20. The summed E-state index contributed by atoms with van der Waals surface area (Å²) >= 11 is 0. The summed E-state index contributed by atoms with van der Waals surface area (Å²) in [4.78, 5) is 4.73. The Kier molecular flexibility index (Phi) is 9.66. The first-order chi connectivity index (χ1) is 26.4. The van der Waals surface area contributed by atoms with E-state index in [4.69, 9.17) is 0 Å². The Morgan fingerprint density at radius 1 is 0.259 bits per heavy atom. The van der Waals surface area contributed by atoms with Crippen LogP contribution in [0.25, 0.3) is 33.4 Å². The van der Waals surface area contributed by atoms with E-state index in [1.54, 1.807) is 0 Å². The lowest BCUT2D eigenvalue weighted by Crippen LogP contribution is -2.12. The number of anilines is 6. The van der Waals surface area contributed by atoms with E-state index in [1.807, 2.05) is 0 Å². The minimum absolute atomic E-state index is 1.13. The fraction of sp³-hybridized carbons (Fsp3) is 0.0769. The lowest BCUT2D eigenvalue weighted by atomic mass is 9.98. The maximum atomic E-state index is 2.37. The van der Waals surface area contributed by atoms with Crippen molar-refractivity contribution in [3.8, 4) is 33.4 Å². The molecule has 0 saturated carbocycles. The molecular weight excluding hydrogens is 653 g/mol. The number of nitrogens with zero attached hydrogens (tertiary/aromatic N) is 2. The van der Waals surface area contributed by atoms with Gasteiger partial charge in [-0.25, -0.2) is 0 Å². The molecule has 0 unspecified atom stereocenters. The van der Waals surface area contributed by atoms with E-state index >= 15 is 0 Å². The van der Waals surface area contributed by atoms with E-state index in [9.17, 15) is 0 Å². The first-order valence-corrected chi connectivity index (χ1v) is 18.7. The summed E-state index contributed by atoms with van der Waals surface area (Å²) in [7, 11) is 0. The Bertz CT molecular complexity index is 2300. The molecule has 0 aliphatic carbocycles. The molecule has 54 heavy (non-hydrogen) atoms. The monoisotopic (exact) mass is 696 g/mol. The Balaban J connectivity index is 1.13. The van der Waals surface area contributed by atoms with Gasteiger partial charge in [0.2, 0.25) is 0 Å². The maximum absolute atomic E-state index is 2.37. The van der Waals surface area contributed by atoms with Crippen LogP contribution in [0.3, 0.4) is 0 Å². The van der Waals surface area contributed by atoms with Crippen molar-refractivity contribution in [1.82, 2.24) is 0 Å². The molecule has 0 aliphatic heterocycles. The van der Waals surface area contributed by atoms with Crippen molar-refractivity contribution in [1.29, 1.82) is 0 Å². The van der Waals surface area contributed by atoms with Gasteiger partial charge in [0.05, 0.1) is 0 Å². The second-order valence-corrected chi connectivity index (χ2v) is 14.2. The summed E-state index contributed by atoms with van der Waals surface area (Å²) in [6, 6.07) is 70.2. The fourth-order valence-electron chi connectivity index (χ4n) is 7.28. The van der Waals surface area contributed by atoms with Gasteiger partial charge in [0.15, 0.2) is 0 Å². The molecule has 8 rings (SSSR count).